The Morgan fingerprint density at radius 2 is 2.00 bits per heavy atom. The molecular formula is C19H25FN4O3S. The first kappa shape index (κ1) is 20.6. The highest BCUT2D eigenvalue weighted by molar-refractivity contribution is 7.91. The third-order valence-electron chi connectivity index (χ3n) is 5.15. The van der Waals surface area contributed by atoms with Gasteiger partial charge in [0.25, 0.3) is 0 Å². The van der Waals surface area contributed by atoms with Crippen LogP contribution in [0.1, 0.15) is 32.2 Å². The fourth-order valence-electron chi connectivity index (χ4n) is 2.94. The largest absolute Gasteiger partial charge is 0.377 e. The van der Waals surface area contributed by atoms with Crippen LogP contribution in [0.5, 0.6) is 0 Å². The Morgan fingerprint density at radius 1 is 1.29 bits per heavy atom. The maximum absolute atomic E-state index is 14.6. The molecule has 152 valence electrons. The summed E-state index contributed by atoms with van der Waals surface area (Å²) in [5, 5.41) is 0. The van der Waals surface area contributed by atoms with Gasteiger partial charge in [0.1, 0.15) is 10.6 Å². The van der Waals surface area contributed by atoms with Crippen LogP contribution in [0.4, 0.5) is 10.3 Å². The summed E-state index contributed by atoms with van der Waals surface area (Å²) in [6.07, 6.45) is 2.58. The molecule has 1 atom stereocenters. The number of nitrogens with zero attached hydrogens (tertiary/aromatic N) is 4. The number of sulfone groups is 1. The van der Waals surface area contributed by atoms with Crippen LogP contribution in [-0.4, -0.2) is 55.4 Å². The number of ether oxygens (including phenoxy) is 1. The van der Waals surface area contributed by atoms with Gasteiger partial charge in [-0.25, -0.2) is 22.8 Å². The summed E-state index contributed by atoms with van der Waals surface area (Å²) in [6, 6.07) is 2.88. The molecule has 3 heterocycles. The number of hydrogen-bond acceptors (Lipinski definition) is 7. The van der Waals surface area contributed by atoms with E-state index in [4.69, 9.17) is 4.74 Å². The van der Waals surface area contributed by atoms with E-state index < -0.39 is 20.4 Å². The number of morpholine rings is 1. The molecule has 0 radical (unpaired) electrons. The van der Waals surface area contributed by atoms with E-state index in [1.54, 1.807) is 20.8 Å². The van der Waals surface area contributed by atoms with Crippen molar-refractivity contribution in [3.05, 3.63) is 35.5 Å². The van der Waals surface area contributed by atoms with E-state index in [1.807, 2.05) is 11.8 Å². The number of aryl methyl sites for hydroxylation is 1. The Bertz CT molecular complexity index is 995. The van der Waals surface area contributed by atoms with E-state index in [0.717, 1.165) is 0 Å². The van der Waals surface area contributed by atoms with E-state index in [2.05, 4.69) is 15.0 Å². The molecular weight excluding hydrogens is 383 g/mol. The van der Waals surface area contributed by atoms with Crippen molar-refractivity contribution in [3.8, 4) is 11.3 Å². The van der Waals surface area contributed by atoms with Gasteiger partial charge in [0, 0.05) is 24.7 Å². The molecule has 0 aromatic carbocycles. The maximum atomic E-state index is 14.6. The fourth-order valence-corrected chi connectivity index (χ4v) is 3.42. The molecule has 3 rings (SSSR count). The number of hydrogen-bond donors (Lipinski definition) is 0. The van der Waals surface area contributed by atoms with Crippen LogP contribution < -0.4 is 4.90 Å². The molecule has 0 saturated carbocycles. The van der Waals surface area contributed by atoms with Gasteiger partial charge in [-0.1, -0.05) is 0 Å². The van der Waals surface area contributed by atoms with Crippen molar-refractivity contribution in [2.75, 3.05) is 30.9 Å². The molecule has 1 aliphatic rings. The Balaban J connectivity index is 2.22. The third-order valence-corrected chi connectivity index (χ3v) is 7.21. The lowest BCUT2D eigenvalue weighted by atomic mass is 10.1. The van der Waals surface area contributed by atoms with Crippen molar-refractivity contribution in [3.63, 3.8) is 0 Å². The van der Waals surface area contributed by atoms with Crippen LogP contribution in [0, 0.1) is 12.7 Å². The molecule has 7 nitrogen and oxygen atoms in total. The lowest BCUT2D eigenvalue weighted by molar-refractivity contribution is 0.0980. The standard InChI is InChI=1S/C19H25FN4O3S/c1-12-8-15(20)14(10-21-12)16-9-17(19(3,4)28(5,25)26)23-18(22-16)24-6-7-27-11-13(24)2/h8-10,13H,6-7,11H2,1-5H3/t13-/m0/s1. The molecule has 9 heteroatoms. The minimum atomic E-state index is -3.48. The number of pyridine rings is 1. The summed E-state index contributed by atoms with van der Waals surface area (Å²) >= 11 is 0. The molecule has 1 aliphatic heterocycles. The molecule has 28 heavy (non-hydrogen) atoms. The summed E-state index contributed by atoms with van der Waals surface area (Å²) in [6.45, 7) is 8.45. The number of aromatic nitrogens is 3. The van der Waals surface area contributed by atoms with Crippen LogP contribution in [0.3, 0.4) is 0 Å². The lowest BCUT2D eigenvalue weighted by Gasteiger charge is -2.34. The topological polar surface area (TPSA) is 85.3 Å². The summed E-state index contributed by atoms with van der Waals surface area (Å²) in [4.78, 5) is 15.2. The van der Waals surface area contributed by atoms with Crippen LogP contribution >= 0.6 is 0 Å². The van der Waals surface area contributed by atoms with E-state index in [9.17, 15) is 12.8 Å². The molecule has 2 aromatic heterocycles. The molecule has 0 aliphatic carbocycles. The fraction of sp³-hybridized carbons (Fsp3) is 0.526. The van der Waals surface area contributed by atoms with Gasteiger partial charge >= 0.3 is 0 Å². The predicted octanol–water partition coefficient (Wildman–Crippen LogP) is 2.49. The zero-order chi connectivity index (χ0) is 20.7. The highest BCUT2D eigenvalue weighted by Crippen LogP contribution is 2.32. The quantitative estimate of drug-likeness (QED) is 0.768. The summed E-state index contributed by atoms with van der Waals surface area (Å²) in [5.74, 6) is -0.102. The van der Waals surface area contributed by atoms with Crippen LogP contribution in [-0.2, 0) is 19.3 Å². The van der Waals surface area contributed by atoms with E-state index >= 15 is 0 Å². The Kier molecular flexibility index (Phi) is 5.42. The zero-order valence-corrected chi connectivity index (χ0v) is 17.5. The maximum Gasteiger partial charge on any atom is 0.226 e. The van der Waals surface area contributed by atoms with Crippen molar-refractivity contribution in [2.45, 2.75) is 38.5 Å². The Morgan fingerprint density at radius 3 is 2.61 bits per heavy atom. The molecule has 0 spiro atoms. The monoisotopic (exact) mass is 408 g/mol. The second kappa shape index (κ2) is 7.36. The summed E-state index contributed by atoms with van der Waals surface area (Å²) in [7, 11) is -3.48. The molecule has 0 bridgehead atoms. The summed E-state index contributed by atoms with van der Waals surface area (Å²) in [5.41, 5.74) is 1.38. The van der Waals surface area contributed by atoms with Gasteiger partial charge in [-0.15, -0.1) is 0 Å². The molecule has 0 amide bonds. The van der Waals surface area contributed by atoms with Gasteiger partial charge in [-0.3, -0.25) is 4.98 Å². The smallest absolute Gasteiger partial charge is 0.226 e. The minimum Gasteiger partial charge on any atom is -0.377 e. The normalized spacial score (nSPS) is 18.4. The highest BCUT2D eigenvalue weighted by Gasteiger charge is 2.36. The molecule has 0 unspecified atom stereocenters. The first-order valence-electron chi connectivity index (χ1n) is 9.07. The molecule has 2 aromatic rings. The van der Waals surface area contributed by atoms with Crippen molar-refractivity contribution in [2.24, 2.45) is 0 Å². The van der Waals surface area contributed by atoms with Crippen molar-refractivity contribution >= 4 is 15.8 Å². The summed E-state index contributed by atoms with van der Waals surface area (Å²) < 4.78 is 43.6. The lowest BCUT2D eigenvalue weighted by Crippen LogP contribution is -2.45. The van der Waals surface area contributed by atoms with Gasteiger partial charge in [0.15, 0.2) is 9.84 Å². The average molecular weight is 408 g/mol. The van der Waals surface area contributed by atoms with Gasteiger partial charge in [0.05, 0.1) is 36.2 Å². The van der Waals surface area contributed by atoms with Crippen molar-refractivity contribution < 1.29 is 17.5 Å². The number of rotatable bonds is 4. The van der Waals surface area contributed by atoms with Crippen LogP contribution in [0.2, 0.25) is 0 Å². The van der Waals surface area contributed by atoms with Crippen molar-refractivity contribution in [1.29, 1.82) is 0 Å². The van der Waals surface area contributed by atoms with Crippen LogP contribution in [0.25, 0.3) is 11.3 Å². The van der Waals surface area contributed by atoms with Gasteiger partial charge in [-0.05, 0) is 39.8 Å². The van der Waals surface area contributed by atoms with Gasteiger partial charge < -0.3 is 9.64 Å². The van der Waals surface area contributed by atoms with E-state index in [0.29, 0.717) is 42.8 Å². The van der Waals surface area contributed by atoms with Crippen LogP contribution in [0.15, 0.2) is 18.3 Å². The SMILES string of the molecule is Cc1cc(F)c(-c2cc(C(C)(C)S(C)(=O)=O)nc(N3CCOC[C@@H]3C)n2)cn1. The number of halogens is 1. The average Bonchev–Trinajstić information content (AvgIpc) is 2.60. The van der Waals surface area contributed by atoms with Gasteiger partial charge in [0.2, 0.25) is 5.95 Å². The Hall–Kier alpha value is -2.13. The number of anilines is 1. The molecule has 0 N–H and O–H groups in total. The Labute approximate surface area is 164 Å². The van der Waals surface area contributed by atoms with Gasteiger partial charge in [-0.2, -0.15) is 0 Å². The third kappa shape index (κ3) is 3.86. The highest BCUT2D eigenvalue weighted by atomic mass is 32.2. The first-order valence-corrected chi connectivity index (χ1v) is 11.0. The van der Waals surface area contributed by atoms with E-state index in [1.165, 1.54) is 24.6 Å². The first-order chi connectivity index (χ1) is 13.0. The second-order valence-electron chi connectivity index (χ2n) is 7.64. The van der Waals surface area contributed by atoms with E-state index in [-0.39, 0.29) is 11.6 Å². The van der Waals surface area contributed by atoms with Crippen molar-refractivity contribution in [1.82, 2.24) is 15.0 Å². The predicted molar refractivity (Wildman–Crippen MR) is 105 cm³/mol. The zero-order valence-electron chi connectivity index (χ0n) is 16.7. The molecule has 1 fully saturated rings. The second-order valence-corrected chi connectivity index (χ2v) is 10.2. The minimum absolute atomic E-state index is 0.0131. The molecule has 1 saturated heterocycles.